The van der Waals surface area contributed by atoms with Gasteiger partial charge in [0.2, 0.25) is 5.89 Å². The van der Waals surface area contributed by atoms with Crippen molar-refractivity contribution in [2.75, 3.05) is 5.01 Å². The molecule has 0 saturated carbocycles. The summed E-state index contributed by atoms with van der Waals surface area (Å²) >= 11 is 3.40. The summed E-state index contributed by atoms with van der Waals surface area (Å²) in [7, 11) is 0. The van der Waals surface area contributed by atoms with Crippen molar-refractivity contribution >= 4 is 39.8 Å². The summed E-state index contributed by atoms with van der Waals surface area (Å²) in [6.45, 7) is 0. The van der Waals surface area contributed by atoms with Gasteiger partial charge in [0.1, 0.15) is 6.26 Å². The van der Waals surface area contributed by atoms with Crippen LogP contribution in [0.2, 0.25) is 0 Å². The molecular weight excluding hydrogens is 326 g/mol. The van der Waals surface area contributed by atoms with Crippen molar-refractivity contribution in [2.24, 2.45) is 11.7 Å². The van der Waals surface area contributed by atoms with Crippen LogP contribution >= 0.6 is 15.9 Å². The summed E-state index contributed by atoms with van der Waals surface area (Å²) in [5, 5.41) is 0.917. The number of anilines is 1. The molecule has 1 aromatic heterocycles. The highest BCUT2D eigenvalue weighted by molar-refractivity contribution is 9.10. The summed E-state index contributed by atoms with van der Waals surface area (Å²) in [5.74, 6) is 11.2. The number of amides is 2. The maximum Gasteiger partial charge on any atom is 0.350 e. The Morgan fingerprint density at radius 1 is 1.45 bits per heavy atom. The molecule has 0 spiro atoms. The second kappa shape index (κ2) is 6.33. The third-order valence-electron chi connectivity index (χ3n) is 2.48. The van der Waals surface area contributed by atoms with Crippen LogP contribution in [0.15, 0.2) is 39.5 Å². The van der Waals surface area contributed by atoms with E-state index in [1.807, 2.05) is 11.5 Å². The fourth-order valence-electron chi connectivity index (χ4n) is 1.55. The van der Waals surface area contributed by atoms with Crippen LogP contribution in [0.4, 0.5) is 10.5 Å². The zero-order chi connectivity index (χ0) is 14.5. The van der Waals surface area contributed by atoms with Crippen molar-refractivity contribution in [3.05, 3.63) is 46.6 Å². The summed E-state index contributed by atoms with van der Waals surface area (Å²) in [6, 6.07) is 4.64. The fourth-order valence-corrected chi connectivity index (χ4v) is 2.04. The van der Waals surface area contributed by atoms with E-state index in [9.17, 15) is 4.79 Å². The second-order valence-electron chi connectivity index (χ2n) is 3.70. The average Bonchev–Trinajstić information content (AvgIpc) is 2.97. The Kier molecular flexibility index (Phi) is 4.51. The number of nitrogens with one attached hydrogen (secondary N) is 1. The van der Waals surface area contributed by atoms with Gasteiger partial charge in [-0.1, -0.05) is 22.0 Å². The quantitative estimate of drug-likeness (QED) is 0.450. The first kappa shape index (κ1) is 14.3. The summed E-state index contributed by atoms with van der Waals surface area (Å²) in [5.41, 5.74) is 3.14. The summed E-state index contributed by atoms with van der Waals surface area (Å²) < 4.78 is 5.87. The van der Waals surface area contributed by atoms with Gasteiger partial charge in [-0.2, -0.15) is 0 Å². The Bertz CT molecular complexity index is 627. The molecule has 1 aromatic carbocycles. The van der Waals surface area contributed by atoms with Crippen molar-refractivity contribution in [3.8, 4) is 0 Å². The fraction of sp³-hybridized carbons (Fsp3) is 0. The Hall–Kier alpha value is -2.16. The van der Waals surface area contributed by atoms with Crippen LogP contribution in [0, 0.1) is 0 Å². The molecule has 2 aromatic rings. The number of hydrazine groups is 2. The first-order chi connectivity index (χ1) is 9.63. The third-order valence-corrected chi connectivity index (χ3v) is 3.17. The monoisotopic (exact) mass is 337 g/mol. The van der Waals surface area contributed by atoms with Crippen LogP contribution < -0.4 is 22.1 Å². The highest BCUT2D eigenvalue weighted by atomic mass is 79.9. The van der Waals surface area contributed by atoms with Gasteiger partial charge in [0, 0.05) is 16.1 Å². The molecule has 0 fully saturated rings. The Balaban J connectivity index is 2.38. The molecule has 0 saturated heterocycles. The number of hydrogen-bond donors (Lipinski definition) is 3. The van der Waals surface area contributed by atoms with Crippen LogP contribution in [-0.2, 0) is 0 Å². The van der Waals surface area contributed by atoms with Gasteiger partial charge in [-0.25, -0.2) is 26.5 Å². The molecule has 0 unspecified atom stereocenters. The molecule has 0 radical (unpaired) electrons. The molecule has 5 N–H and O–H groups in total. The summed E-state index contributed by atoms with van der Waals surface area (Å²) in [6.07, 6.45) is 6.40. The Morgan fingerprint density at radius 3 is 2.90 bits per heavy atom. The van der Waals surface area contributed by atoms with Gasteiger partial charge in [-0.15, -0.1) is 0 Å². The number of urea groups is 1. The number of nitrogens with zero attached hydrogens (tertiary/aromatic N) is 2. The molecule has 0 aliphatic heterocycles. The molecule has 0 aliphatic carbocycles. The lowest BCUT2D eigenvalue weighted by Gasteiger charge is -2.18. The number of carbonyl (C=O) groups is 1. The number of rotatable bonds is 3. The third kappa shape index (κ3) is 3.05. The van der Waals surface area contributed by atoms with E-state index in [1.54, 1.807) is 24.3 Å². The molecule has 7 nitrogen and oxygen atoms in total. The van der Waals surface area contributed by atoms with Crippen molar-refractivity contribution in [2.45, 2.75) is 0 Å². The number of carbonyl (C=O) groups excluding carboxylic acids is 1. The molecule has 20 heavy (non-hydrogen) atoms. The van der Waals surface area contributed by atoms with Gasteiger partial charge in [-0.05, 0) is 18.2 Å². The van der Waals surface area contributed by atoms with Gasteiger partial charge in [0.15, 0.2) is 0 Å². The number of hydrogen-bond acceptors (Lipinski definition) is 5. The number of halogens is 1. The van der Waals surface area contributed by atoms with E-state index in [2.05, 4.69) is 20.9 Å². The SMILES string of the molecule is NNC(=O)N(N)c1cccc(Br)c1/C=C/c1ncco1. The van der Waals surface area contributed by atoms with Crippen LogP contribution in [0.5, 0.6) is 0 Å². The lowest BCUT2D eigenvalue weighted by atomic mass is 10.1. The van der Waals surface area contributed by atoms with Gasteiger partial charge in [0.05, 0.1) is 11.9 Å². The molecule has 0 bridgehead atoms. The normalized spacial score (nSPS) is 10.8. The molecule has 2 amide bonds. The predicted molar refractivity (Wildman–Crippen MR) is 79.0 cm³/mol. The van der Waals surface area contributed by atoms with E-state index in [0.717, 1.165) is 9.48 Å². The van der Waals surface area contributed by atoms with E-state index in [-0.39, 0.29) is 0 Å². The number of nitrogens with two attached hydrogens (primary N) is 2. The largest absolute Gasteiger partial charge is 0.445 e. The maximum atomic E-state index is 11.5. The molecule has 0 aliphatic rings. The molecular formula is C12H12BrN5O2. The molecule has 104 valence electrons. The second-order valence-corrected chi connectivity index (χ2v) is 4.55. The lowest BCUT2D eigenvalue weighted by Crippen LogP contribution is -2.47. The van der Waals surface area contributed by atoms with Crippen molar-refractivity contribution in [1.82, 2.24) is 10.4 Å². The van der Waals surface area contributed by atoms with E-state index < -0.39 is 6.03 Å². The van der Waals surface area contributed by atoms with Crippen molar-refractivity contribution in [1.29, 1.82) is 0 Å². The topological polar surface area (TPSA) is 110 Å². The lowest BCUT2D eigenvalue weighted by molar-refractivity contribution is 0.246. The standard InChI is InChI=1S/C12H12BrN5O2/c13-9-2-1-3-10(18(15)12(19)17-14)8(9)4-5-11-16-6-7-20-11/h1-7H,14-15H2,(H,17,19)/b5-4+. The zero-order valence-corrected chi connectivity index (χ0v) is 11.9. The number of aromatic nitrogens is 1. The minimum atomic E-state index is -0.631. The summed E-state index contributed by atoms with van der Waals surface area (Å²) in [4.78, 5) is 15.5. The molecule has 0 atom stereocenters. The van der Waals surface area contributed by atoms with Crippen molar-refractivity contribution < 1.29 is 9.21 Å². The Labute approximate surface area is 123 Å². The van der Waals surface area contributed by atoms with Crippen LogP contribution in [0.3, 0.4) is 0 Å². The smallest absolute Gasteiger partial charge is 0.350 e. The first-order valence-electron chi connectivity index (χ1n) is 5.55. The minimum absolute atomic E-state index is 0.443. The molecule has 1 heterocycles. The van der Waals surface area contributed by atoms with Gasteiger partial charge >= 0.3 is 6.03 Å². The first-order valence-corrected chi connectivity index (χ1v) is 6.34. The minimum Gasteiger partial charge on any atom is -0.445 e. The molecule has 2 rings (SSSR count). The van der Waals surface area contributed by atoms with E-state index in [1.165, 1.54) is 12.5 Å². The average molecular weight is 338 g/mol. The number of benzene rings is 1. The highest BCUT2D eigenvalue weighted by Gasteiger charge is 2.14. The van der Waals surface area contributed by atoms with E-state index in [0.29, 0.717) is 17.1 Å². The van der Waals surface area contributed by atoms with Crippen molar-refractivity contribution in [3.63, 3.8) is 0 Å². The molecule has 8 heteroatoms. The van der Waals surface area contributed by atoms with Crippen LogP contribution in [0.1, 0.15) is 11.5 Å². The van der Waals surface area contributed by atoms with Gasteiger partial charge in [0.25, 0.3) is 0 Å². The zero-order valence-electron chi connectivity index (χ0n) is 10.3. The Morgan fingerprint density at radius 2 is 2.25 bits per heavy atom. The van der Waals surface area contributed by atoms with Crippen LogP contribution in [0.25, 0.3) is 12.2 Å². The predicted octanol–water partition coefficient (Wildman–Crippen LogP) is 1.87. The maximum absolute atomic E-state index is 11.5. The van der Waals surface area contributed by atoms with Gasteiger partial charge in [-0.3, -0.25) is 5.43 Å². The van der Waals surface area contributed by atoms with E-state index in [4.69, 9.17) is 16.1 Å². The van der Waals surface area contributed by atoms with Crippen LogP contribution in [-0.4, -0.2) is 11.0 Å². The number of oxazole rings is 1. The highest BCUT2D eigenvalue weighted by Crippen LogP contribution is 2.28. The van der Waals surface area contributed by atoms with E-state index >= 15 is 0 Å². The van der Waals surface area contributed by atoms with Gasteiger partial charge < -0.3 is 4.42 Å².